The second-order valence-corrected chi connectivity index (χ2v) is 7.98. The fourth-order valence-corrected chi connectivity index (χ4v) is 4.67. The number of hydrogen-bond donors (Lipinski definition) is 2. The number of thiophene rings is 1. The van der Waals surface area contributed by atoms with Crippen molar-refractivity contribution in [3.63, 3.8) is 0 Å². The Labute approximate surface area is 156 Å². The highest BCUT2D eigenvalue weighted by atomic mass is 32.1. The molecule has 4 rings (SSSR count). The van der Waals surface area contributed by atoms with Crippen LogP contribution >= 0.6 is 11.3 Å². The van der Waals surface area contributed by atoms with Gasteiger partial charge in [0.25, 0.3) is 5.91 Å². The highest BCUT2D eigenvalue weighted by Gasteiger charge is 2.20. The van der Waals surface area contributed by atoms with Crippen molar-refractivity contribution in [3.8, 4) is 10.4 Å². The lowest BCUT2D eigenvalue weighted by molar-refractivity contribution is 0.0996. The minimum absolute atomic E-state index is 0.267. The van der Waals surface area contributed by atoms with Crippen molar-refractivity contribution in [1.82, 2.24) is 15.5 Å². The Morgan fingerprint density at radius 2 is 2.08 bits per heavy atom. The molecule has 3 heterocycles. The SMILES string of the molecule is Cc1ccc(-c2cc3c(CC4CCCCN4)nnc(C(N)=O)c3s2)cc1. The number of nitrogens with two attached hydrogens (primary N) is 1. The van der Waals surface area contributed by atoms with Gasteiger partial charge < -0.3 is 11.1 Å². The first-order chi connectivity index (χ1) is 12.6. The third kappa shape index (κ3) is 3.34. The summed E-state index contributed by atoms with van der Waals surface area (Å²) in [7, 11) is 0. The summed E-state index contributed by atoms with van der Waals surface area (Å²) < 4.78 is 0.842. The number of carbonyl (C=O) groups is 1. The lowest BCUT2D eigenvalue weighted by Gasteiger charge is -2.23. The second-order valence-electron chi connectivity index (χ2n) is 6.93. The van der Waals surface area contributed by atoms with Crippen LogP contribution in [0.5, 0.6) is 0 Å². The first-order valence-corrected chi connectivity index (χ1v) is 9.83. The minimum atomic E-state index is -0.526. The van der Waals surface area contributed by atoms with E-state index in [1.165, 1.54) is 18.4 Å². The number of nitrogens with one attached hydrogen (secondary N) is 1. The van der Waals surface area contributed by atoms with E-state index in [4.69, 9.17) is 5.73 Å². The quantitative estimate of drug-likeness (QED) is 0.741. The smallest absolute Gasteiger partial charge is 0.270 e. The maximum atomic E-state index is 11.8. The fraction of sp³-hybridized carbons (Fsp3) is 0.350. The van der Waals surface area contributed by atoms with Crippen LogP contribution in [0, 0.1) is 6.92 Å². The average molecular weight is 366 g/mol. The van der Waals surface area contributed by atoms with Gasteiger partial charge in [0.2, 0.25) is 0 Å². The molecule has 5 nitrogen and oxygen atoms in total. The molecule has 0 saturated carbocycles. The van der Waals surface area contributed by atoms with E-state index in [-0.39, 0.29) is 5.69 Å². The number of fused-ring (bicyclic) bond motifs is 1. The molecule has 1 unspecified atom stereocenters. The Hall–Kier alpha value is -2.31. The normalized spacial score (nSPS) is 17.5. The van der Waals surface area contributed by atoms with Gasteiger partial charge in [-0.25, -0.2) is 0 Å². The Kier molecular flexibility index (Phi) is 4.70. The fourth-order valence-electron chi connectivity index (χ4n) is 3.49. The van der Waals surface area contributed by atoms with Gasteiger partial charge in [-0.1, -0.05) is 36.2 Å². The van der Waals surface area contributed by atoms with Gasteiger partial charge in [0.1, 0.15) is 0 Å². The predicted molar refractivity (Wildman–Crippen MR) is 105 cm³/mol. The maximum Gasteiger partial charge on any atom is 0.270 e. The van der Waals surface area contributed by atoms with Crippen LogP contribution in [0.15, 0.2) is 30.3 Å². The van der Waals surface area contributed by atoms with Gasteiger partial charge in [0.05, 0.1) is 10.4 Å². The van der Waals surface area contributed by atoms with Crippen LogP contribution in [0.4, 0.5) is 0 Å². The topological polar surface area (TPSA) is 80.9 Å². The van der Waals surface area contributed by atoms with Crippen molar-refractivity contribution in [3.05, 3.63) is 47.3 Å². The Morgan fingerprint density at radius 1 is 1.27 bits per heavy atom. The highest BCUT2D eigenvalue weighted by molar-refractivity contribution is 7.22. The summed E-state index contributed by atoms with van der Waals surface area (Å²) in [5.41, 5.74) is 9.10. The number of hydrogen-bond acceptors (Lipinski definition) is 5. The zero-order valence-corrected chi connectivity index (χ0v) is 15.6. The zero-order valence-electron chi connectivity index (χ0n) is 14.8. The maximum absolute atomic E-state index is 11.8. The van der Waals surface area contributed by atoms with E-state index in [1.807, 2.05) is 0 Å². The molecular weight excluding hydrogens is 344 g/mol. The van der Waals surface area contributed by atoms with Gasteiger partial charge in [-0.3, -0.25) is 4.79 Å². The minimum Gasteiger partial charge on any atom is -0.364 e. The molecule has 0 radical (unpaired) electrons. The molecule has 0 bridgehead atoms. The number of nitrogens with zero attached hydrogens (tertiary/aromatic N) is 2. The van der Waals surface area contributed by atoms with Crippen LogP contribution in [0.3, 0.4) is 0 Å². The molecule has 1 saturated heterocycles. The summed E-state index contributed by atoms with van der Waals surface area (Å²) in [4.78, 5) is 12.9. The van der Waals surface area contributed by atoms with Crippen molar-refractivity contribution in [2.75, 3.05) is 6.54 Å². The third-order valence-corrected chi connectivity index (χ3v) is 6.14. The van der Waals surface area contributed by atoms with Crippen LogP contribution in [-0.4, -0.2) is 28.7 Å². The Morgan fingerprint density at radius 3 is 2.77 bits per heavy atom. The zero-order chi connectivity index (χ0) is 18.1. The molecule has 134 valence electrons. The van der Waals surface area contributed by atoms with E-state index in [0.717, 1.165) is 45.6 Å². The van der Waals surface area contributed by atoms with Gasteiger partial charge in [0.15, 0.2) is 5.69 Å². The number of amides is 1. The summed E-state index contributed by atoms with van der Waals surface area (Å²) in [5, 5.41) is 13.1. The Bertz CT molecular complexity index is 942. The van der Waals surface area contributed by atoms with Gasteiger partial charge >= 0.3 is 0 Å². The van der Waals surface area contributed by atoms with E-state index in [9.17, 15) is 4.79 Å². The van der Waals surface area contributed by atoms with Crippen LogP contribution in [0.1, 0.15) is 41.0 Å². The molecule has 1 fully saturated rings. The summed E-state index contributed by atoms with van der Waals surface area (Å²) in [6.45, 7) is 3.13. The molecule has 2 aromatic heterocycles. The molecule has 1 atom stereocenters. The number of rotatable bonds is 4. The molecule has 1 aliphatic heterocycles. The van der Waals surface area contributed by atoms with E-state index in [2.05, 4.69) is 52.8 Å². The van der Waals surface area contributed by atoms with Crippen molar-refractivity contribution in [2.45, 2.75) is 38.6 Å². The number of piperidine rings is 1. The lowest BCUT2D eigenvalue weighted by atomic mass is 9.99. The number of carbonyl (C=O) groups excluding carboxylic acids is 1. The summed E-state index contributed by atoms with van der Waals surface area (Å²) in [5.74, 6) is -0.526. The molecule has 1 aliphatic rings. The summed E-state index contributed by atoms with van der Waals surface area (Å²) in [6.07, 6.45) is 4.45. The molecule has 0 aliphatic carbocycles. The monoisotopic (exact) mass is 366 g/mol. The number of benzene rings is 1. The molecule has 3 N–H and O–H groups in total. The van der Waals surface area contributed by atoms with Crippen LogP contribution in [-0.2, 0) is 6.42 Å². The first kappa shape index (κ1) is 17.1. The summed E-state index contributed by atoms with van der Waals surface area (Å²) >= 11 is 1.56. The van der Waals surface area contributed by atoms with Crippen molar-refractivity contribution in [2.24, 2.45) is 5.73 Å². The number of aromatic nitrogens is 2. The highest BCUT2D eigenvalue weighted by Crippen LogP contribution is 2.36. The molecular formula is C20H22N4OS. The number of primary amides is 1. The van der Waals surface area contributed by atoms with E-state index < -0.39 is 5.91 Å². The van der Waals surface area contributed by atoms with Crippen LogP contribution < -0.4 is 11.1 Å². The van der Waals surface area contributed by atoms with Gasteiger partial charge in [0, 0.05) is 22.7 Å². The Balaban J connectivity index is 1.78. The largest absolute Gasteiger partial charge is 0.364 e. The van der Waals surface area contributed by atoms with E-state index in [0.29, 0.717) is 6.04 Å². The van der Waals surface area contributed by atoms with Gasteiger partial charge in [-0.2, -0.15) is 5.10 Å². The van der Waals surface area contributed by atoms with E-state index in [1.54, 1.807) is 11.3 Å². The molecule has 26 heavy (non-hydrogen) atoms. The second kappa shape index (κ2) is 7.13. The molecule has 1 amide bonds. The average Bonchev–Trinajstić information content (AvgIpc) is 3.09. The standard InChI is InChI=1S/C20H22N4OS/c1-12-5-7-13(8-6-12)17-11-15-16(10-14-4-2-3-9-22-14)23-24-18(20(21)25)19(15)26-17/h5-8,11,14,22H,2-4,9-10H2,1H3,(H2,21,25). The lowest BCUT2D eigenvalue weighted by Crippen LogP contribution is -2.36. The van der Waals surface area contributed by atoms with Crippen LogP contribution in [0.2, 0.25) is 0 Å². The third-order valence-electron chi connectivity index (χ3n) is 4.95. The van der Waals surface area contributed by atoms with Crippen LogP contribution in [0.25, 0.3) is 20.5 Å². The van der Waals surface area contributed by atoms with Crippen molar-refractivity contribution >= 4 is 27.3 Å². The first-order valence-electron chi connectivity index (χ1n) is 9.01. The molecule has 6 heteroatoms. The molecule has 1 aromatic carbocycles. The van der Waals surface area contributed by atoms with Crippen molar-refractivity contribution in [1.29, 1.82) is 0 Å². The van der Waals surface area contributed by atoms with Gasteiger partial charge in [-0.05, 0) is 37.9 Å². The molecule has 0 spiro atoms. The van der Waals surface area contributed by atoms with E-state index >= 15 is 0 Å². The predicted octanol–water partition coefficient (Wildman–Crippen LogP) is 3.45. The molecule has 3 aromatic rings. The van der Waals surface area contributed by atoms with Gasteiger partial charge in [-0.15, -0.1) is 16.4 Å². The summed E-state index contributed by atoms with van der Waals surface area (Å²) in [6, 6.07) is 10.9. The van der Waals surface area contributed by atoms with Crippen molar-refractivity contribution < 1.29 is 4.79 Å². The number of aryl methyl sites for hydroxylation is 1.